The molecule has 124 valence electrons. The molecule has 2 heterocycles. The van der Waals surface area contributed by atoms with E-state index < -0.39 is 5.97 Å². The van der Waals surface area contributed by atoms with Crippen molar-refractivity contribution in [2.75, 3.05) is 12.0 Å². The van der Waals surface area contributed by atoms with Gasteiger partial charge in [-0.3, -0.25) is 9.99 Å². The van der Waals surface area contributed by atoms with Crippen molar-refractivity contribution in [3.05, 3.63) is 58.2 Å². The Hall–Kier alpha value is -2.87. The van der Waals surface area contributed by atoms with Crippen LogP contribution in [0.25, 0.3) is 5.69 Å². The topological polar surface area (TPSA) is 84.3 Å². The standard InChI is InChI=1S/C16H17N5O2S/c1-3-23-15(22)13-14(18-10-17-13)19-20-16-21(11(2)9-24-16)12-7-5-4-6-8-12/h4-10,19H,3H2,1-2H3,(H,17,18)/b20-16-. The number of imidazole rings is 1. The molecule has 8 heteroatoms. The number of hydrogen-bond donors (Lipinski definition) is 2. The number of aromatic amines is 1. The summed E-state index contributed by atoms with van der Waals surface area (Å²) in [6, 6.07) is 9.94. The van der Waals surface area contributed by atoms with E-state index in [4.69, 9.17) is 4.74 Å². The summed E-state index contributed by atoms with van der Waals surface area (Å²) in [6.45, 7) is 4.07. The summed E-state index contributed by atoms with van der Waals surface area (Å²) >= 11 is 1.50. The van der Waals surface area contributed by atoms with Crippen molar-refractivity contribution in [1.29, 1.82) is 0 Å². The highest BCUT2D eigenvalue weighted by atomic mass is 32.1. The molecule has 0 aliphatic heterocycles. The minimum absolute atomic E-state index is 0.250. The SMILES string of the molecule is CCOC(=O)c1[nH]cnc1N/N=c1\scc(C)n1-c1ccccc1. The Kier molecular flexibility index (Phi) is 4.76. The molecule has 0 aliphatic rings. The molecule has 3 aromatic rings. The van der Waals surface area contributed by atoms with Crippen LogP contribution in [0.2, 0.25) is 0 Å². The van der Waals surface area contributed by atoms with Crippen LogP contribution in [0.15, 0.2) is 47.1 Å². The lowest BCUT2D eigenvalue weighted by Gasteiger charge is -2.05. The van der Waals surface area contributed by atoms with E-state index in [1.807, 2.05) is 47.2 Å². The molecule has 0 saturated carbocycles. The highest BCUT2D eigenvalue weighted by Gasteiger charge is 2.15. The zero-order valence-electron chi connectivity index (χ0n) is 13.3. The molecule has 0 fully saturated rings. The second-order valence-electron chi connectivity index (χ2n) is 4.90. The van der Waals surface area contributed by atoms with Gasteiger partial charge in [0.2, 0.25) is 4.80 Å². The molecule has 0 aliphatic carbocycles. The average molecular weight is 343 g/mol. The number of rotatable bonds is 5. The fourth-order valence-electron chi connectivity index (χ4n) is 2.20. The van der Waals surface area contributed by atoms with Gasteiger partial charge in [-0.2, -0.15) is 0 Å². The number of benzene rings is 1. The lowest BCUT2D eigenvalue weighted by molar-refractivity contribution is 0.0521. The molecule has 0 unspecified atom stereocenters. The number of aryl methyl sites for hydroxylation is 1. The maximum absolute atomic E-state index is 11.9. The quantitative estimate of drug-likeness (QED) is 0.551. The number of aromatic nitrogens is 3. The number of carbonyl (C=O) groups excluding carboxylic acids is 1. The molecule has 7 nitrogen and oxygen atoms in total. The Morgan fingerprint density at radius 2 is 2.21 bits per heavy atom. The number of nitrogens with one attached hydrogen (secondary N) is 2. The van der Waals surface area contributed by atoms with Crippen LogP contribution in [0.4, 0.5) is 5.82 Å². The minimum Gasteiger partial charge on any atom is -0.461 e. The summed E-state index contributed by atoms with van der Waals surface area (Å²) in [6.07, 6.45) is 1.43. The van der Waals surface area contributed by atoms with Gasteiger partial charge in [0, 0.05) is 16.8 Å². The number of carbonyl (C=O) groups is 1. The van der Waals surface area contributed by atoms with Gasteiger partial charge in [0.1, 0.15) is 0 Å². The fourth-order valence-corrected chi connectivity index (χ4v) is 3.03. The molecule has 0 amide bonds. The van der Waals surface area contributed by atoms with Gasteiger partial charge in [-0.15, -0.1) is 16.4 Å². The van der Waals surface area contributed by atoms with Crippen molar-refractivity contribution < 1.29 is 9.53 Å². The zero-order chi connectivity index (χ0) is 16.9. The van der Waals surface area contributed by atoms with Crippen molar-refractivity contribution in [1.82, 2.24) is 14.5 Å². The van der Waals surface area contributed by atoms with Gasteiger partial charge >= 0.3 is 5.97 Å². The summed E-state index contributed by atoms with van der Waals surface area (Å²) in [5, 5.41) is 6.41. The molecule has 0 saturated heterocycles. The van der Waals surface area contributed by atoms with Crippen LogP contribution in [0.1, 0.15) is 23.1 Å². The largest absolute Gasteiger partial charge is 0.461 e. The van der Waals surface area contributed by atoms with Gasteiger partial charge in [0.05, 0.1) is 12.9 Å². The summed E-state index contributed by atoms with van der Waals surface area (Å²) < 4.78 is 7.00. The molecule has 0 spiro atoms. The molecule has 2 aromatic heterocycles. The first kappa shape index (κ1) is 16.0. The summed E-state index contributed by atoms with van der Waals surface area (Å²) in [5.41, 5.74) is 5.18. The van der Waals surface area contributed by atoms with Crippen molar-refractivity contribution in [3.63, 3.8) is 0 Å². The van der Waals surface area contributed by atoms with Crippen LogP contribution in [0, 0.1) is 6.92 Å². The second kappa shape index (κ2) is 7.14. The number of hydrogen-bond acceptors (Lipinski definition) is 6. The average Bonchev–Trinajstić information content (AvgIpc) is 3.20. The van der Waals surface area contributed by atoms with Crippen LogP contribution < -0.4 is 10.2 Å². The van der Waals surface area contributed by atoms with E-state index >= 15 is 0 Å². The molecule has 1 aromatic carbocycles. The third-order valence-electron chi connectivity index (χ3n) is 3.27. The van der Waals surface area contributed by atoms with E-state index in [9.17, 15) is 4.79 Å². The monoisotopic (exact) mass is 343 g/mol. The van der Waals surface area contributed by atoms with Crippen LogP contribution in [0.3, 0.4) is 0 Å². The number of nitrogens with zero attached hydrogens (tertiary/aromatic N) is 3. The number of ether oxygens (including phenoxy) is 1. The molecular weight excluding hydrogens is 326 g/mol. The number of para-hydroxylation sites is 1. The summed E-state index contributed by atoms with van der Waals surface area (Å²) in [4.78, 5) is 19.4. The van der Waals surface area contributed by atoms with Crippen molar-refractivity contribution in [2.45, 2.75) is 13.8 Å². The van der Waals surface area contributed by atoms with Gasteiger partial charge in [0.25, 0.3) is 0 Å². The van der Waals surface area contributed by atoms with Gasteiger partial charge in [-0.25, -0.2) is 9.78 Å². The molecule has 0 radical (unpaired) electrons. The highest BCUT2D eigenvalue weighted by Crippen LogP contribution is 2.12. The van der Waals surface area contributed by atoms with Gasteiger partial charge in [-0.1, -0.05) is 18.2 Å². The van der Waals surface area contributed by atoms with E-state index in [0.29, 0.717) is 12.4 Å². The first-order chi connectivity index (χ1) is 11.7. The Morgan fingerprint density at radius 1 is 1.42 bits per heavy atom. The third-order valence-corrected chi connectivity index (χ3v) is 4.21. The Labute approximate surface area is 142 Å². The number of anilines is 1. The maximum Gasteiger partial charge on any atom is 0.358 e. The zero-order valence-corrected chi connectivity index (χ0v) is 14.1. The number of thiazole rings is 1. The Balaban J connectivity index is 1.92. The predicted molar refractivity (Wildman–Crippen MR) is 92.1 cm³/mol. The van der Waals surface area contributed by atoms with E-state index in [-0.39, 0.29) is 5.69 Å². The summed E-state index contributed by atoms with van der Waals surface area (Å²) in [7, 11) is 0. The number of esters is 1. The number of H-pyrrole nitrogens is 1. The Bertz CT molecular complexity index is 895. The summed E-state index contributed by atoms with van der Waals surface area (Å²) in [5.74, 6) is -0.134. The van der Waals surface area contributed by atoms with Crippen LogP contribution in [-0.4, -0.2) is 27.1 Å². The van der Waals surface area contributed by atoms with Crippen molar-refractivity contribution in [2.24, 2.45) is 5.10 Å². The minimum atomic E-state index is -0.467. The van der Waals surface area contributed by atoms with E-state index in [1.54, 1.807) is 6.92 Å². The van der Waals surface area contributed by atoms with E-state index in [2.05, 4.69) is 20.5 Å². The second-order valence-corrected chi connectivity index (χ2v) is 5.74. The van der Waals surface area contributed by atoms with E-state index in [1.165, 1.54) is 17.7 Å². The van der Waals surface area contributed by atoms with Gasteiger partial charge in [0.15, 0.2) is 11.5 Å². The molecule has 2 N–H and O–H groups in total. The van der Waals surface area contributed by atoms with Gasteiger partial charge in [-0.05, 0) is 26.0 Å². The van der Waals surface area contributed by atoms with Crippen molar-refractivity contribution in [3.8, 4) is 5.69 Å². The van der Waals surface area contributed by atoms with E-state index in [0.717, 1.165) is 16.2 Å². The van der Waals surface area contributed by atoms with Crippen molar-refractivity contribution >= 4 is 23.1 Å². The molecule has 0 bridgehead atoms. The third kappa shape index (κ3) is 3.23. The highest BCUT2D eigenvalue weighted by molar-refractivity contribution is 7.07. The predicted octanol–water partition coefficient (Wildman–Crippen LogP) is 2.67. The lowest BCUT2D eigenvalue weighted by Crippen LogP contribution is -2.16. The molecule has 0 atom stereocenters. The Morgan fingerprint density at radius 3 is 2.96 bits per heavy atom. The lowest BCUT2D eigenvalue weighted by atomic mass is 10.3. The van der Waals surface area contributed by atoms with Crippen LogP contribution in [-0.2, 0) is 4.74 Å². The maximum atomic E-state index is 11.9. The first-order valence-corrected chi connectivity index (χ1v) is 8.31. The molecule has 24 heavy (non-hydrogen) atoms. The molecular formula is C16H17N5O2S. The molecule has 3 rings (SSSR count). The smallest absolute Gasteiger partial charge is 0.358 e. The van der Waals surface area contributed by atoms with Crippen LogP contribution >= 0.6 is 11.3 Å². The van der Waals surface area contributed by atoms with Gasteiger partial charge < -0.3 is 9.72 Å². The fraction of sp³-hybridized carbons (Fsp3) is 0.188. The normalized spacial score (nSPS) is 11.5. The first-order valence-electron chi connectivity index (χ1n) is 7.43. The van der Waals surface area contributed by atoms with Crippen LogP contribution in [0.5, 0.6) is 0 Å².